The third kappa shape index (κ3) is 3.35. The van der Waals surface area contributed by atoms with Crippen molar-refractivity contribution in [3.63, 3.8) is 0 Å². The smallest absolute Gasteiger partial charge is 0.302 e. The van der Waals surface area contributed by atoms with Gasteiger partial charge in [0.1, 0.15) is 5.82 Å². The monoisotopic (exact) mass is 367 g/mol. The van der Waals surface area contributed by atoms with Crippen LogP contribution in [0.3, 0.4) is 0 Å². The first kappa shape index (κ1) is 15.4. The van der Waals surface area contributed by atoms with E-state index in [9.17, 15) is 21.5 Å². The lowest BCUT2D eigenvalue weighted by Crippen LogP contribution is -2.26. The first-order valence-electron chi connectivity index (χ1n) is 5.85. The van der Waals surface area contributed by atoms with Gasteiger partial charge in [-0.25, -0.2) is 4.39 Å². The predicted molar refractivity (Wildman–Crippen MR) is 74.2 cm³/mol. The fraction of sp³-hybridized carbons (Fsp3) is 0.417. The van der Waals surface area contributed by atoms with Crippen LogP contribution in [0.1, 0.15) is 12.0 Å². The molecule has 1 unspecified atom stereocenters. The highest BCUT2D eigenvalue weighted by atomic mass is 79.9. The number of carbonyl (C=O) groups excluding carboxylic acids is 1. The molecular weight excluding hydrogens is 356 g/mol. The minimum atomic E-state index is -4.62. The van der Waals surface area contributed by atoms with Crippen molar-refractivity contribution in [2.75, 3.05) is 17.2 Å². The number of carbonyl (C=O) groups is 1. The lowest BCUT2D eigenvalue weighted by atomic mass is 10.1. The fourth-order valence-corrected chi connectivity index (χ4v) is 3.58. The molecule has 1 aromatic carbocycles. The van der Waals surface area contributed by atoms with Crippen LogP contribution in [0.5, 0.6) is 0 Å². The summed E-state index contributed by atoms with van der Waals surface area (Å²) in [5, 5.41) is 0. The number of halogens is 3. The molecule has 8 heteroatoms. The van der Waals surface area contributed by atoms with Crippen molar-refractivity contribution in [1.29, 1.82) is 0 Å². The summed E-state index contributed by atoms with van der Waals surface area (Å²) in [4.78, 5) is 13.2. The molecule has 1 fully saturated rings. The van der Waals surface area contributed by atoms with E-state index in [1.165, 1.54) is 17.0 Å². The maximum Gasteiger partial charge on any atom is 0.302 e. The van der Waals surface area contributed by atoms with Crippen LogP contribution < -0.4 is 4.90 Å². The Bertz CT molecular complexity index is 663. The Hall–Kier alpha value is -1.02. The van der Waals surface area contributed by atoms with E-state index >= 15 is 0 Å². The molecule has 110 valence electrons. The minimum Gasteiger partial charge on any atom is -0.312 e. The van der Waals surface area contributed by atoms with E-state index in [0.717, 1.165) is 0 Å². The lowest BCUT2D eigenvalue weighted by molar-refractivity contribution is -0.117. The Morgan fingerprint density at radius 1 is 1.45 bits per heavy atom. The molecule has 0 N–H and O–H groups in total. The van der Waals surface area contributed by atoms with Crippen LogP contribution in [0.2, 0.25) is 0 Å². The van der Waals surface area contributed by atoms with Gasteiger partial charge in [0.15, 0.2) is 0 Å². The number of amides is 1. The van der Waals surface area contributed by atoms with E-state index < -0.39 is 27.7 Å². The van der Waals surface area contributed by atoms with Gasteiger partial charge in [0.05, 0.1) is 10.2 Å². The second kappa shape index (κ2) is 5.40. The van der Waals surface area contributed by atoms with E-state index in [2.05, 4.69) is 15.9 Å². The zero-order valence-electron chi connectivity index (χ0n) is 10.6. The summed E-state index contributed by atoms with van der Waals surface area (Å²) < 4.78 is 47.8. The molecule has 0 saturated carbocycles. The van der Waals surface area contributed by atoms with Crippen LogP contribution >= 0.6 is 15.9 Å². The molecule has 1 aliphatic heterocycles. The summed E-state index contributed by atoms with van der Waals surface area (Å²) in [6.07, 6.45) is -0.0553. The van der Waals surface area contributed by atoms with Gasteiger partial charge >= 0.3 is 10.2 Å². The van der Waals surface area contributed by atoms with Crippen molar-refractivity contribution < 1.29 is 21.5 Å². The molecular formula is C12H12BrF2NO3S. The van der Waals surface area contributed by atoms with Crippen molar-refractivity contribution in [1.82, 2.24) is 0 Å². The normalized spacial score (nSPS) is 19.7. The van der Waals surface area contributed by atoms with Crippen molar-refractivity contribution in [3.05, 3.63) is 28.0 Å². The van der Waals surface area contributed by atoms with E-state index in [0.29, 0.717) is 11.3 Å². The Labute approximate surface area is 124 Å². The quantitative estimate of drug-likeness (QED) is 0.771. The Kier molecular flexibility index (Phi) is 4.15. The summed E-state index contributed by atoms with van der Waals surface area (Å²) in [5.41, 5.74) is 1.06. The number of anilines is 1. The number of benzene rings is 1. The van der Waals surface area contributed by atoms with Gasteiger partial charge < -0.3 is 4.90 Å². The average molecular weight is 368 g/mol. The first-order valence-corrected chi connectivity index (χ1v) is 8.20. The second-order valence-corrected chi connectivity index (χ2v) is 7.10. The predicted octanol–water partition coefficient (Wildman–Crippen LogP) is 2.55. The van der Waals surface area contributed by atoms with Gasteiger partial charge in [0, 0.05) is 24.6 Å². The van der Waals surface area contributed by atoms with Crippen molar-refractivity contribution in [2.45, 2.75) is 13.3 Å². The molecule has 1 saturated heterocycles. The molecule has 20 heavy (non-hydrogen) atoms. The highest BCUT2D eigenvalue weighted by Crippen LogP contribution is 2.31. The highest BCUT2D eigenvalue weighted by Gasteiger charge is 2.34. The molecule has 0 radical (unpaired) electrons. The van der Waals surface area contributed by atoms with Gasteiger partial charge in [-0.05, 0) is 40.5 Å². The summed E-state index contributed by atoms with van der Waals surface area (Å²) >= 11 is 3.05. The molecule has 2 rings (SSSR count). The first-order chi connectivity index (χ1) is 9.17. The summed E-state index contributed by atoms with van der Waals surface area (Å²) in [5.74, 6) is -2.14. The summed E-state index contributed by atoms with van der Waals surface area (Å²) in [6, 6.07) is 2.75. The molecule has 0 spiro atoms. The maximum atomic E-state index is 13.6. The van der Waals surface area contributed by atoms with E-state index in [-0.39, 0.29) is 23.3 Å². The van der Waals surface area contributed by atoms with Gasteiger partial charge in [-0.1, -0.05) is 0 Å². The summed E-state index contributed by atoms with van der Waals surface area (Å²) in [6.45, 7) is 1.79. The van der Waals surface area contributed by atoms with E-state index in [1.807, 2.05) is 0 Å². The number of aryl methyl sites for hydroxylation is 1. The molecule has 0 aliphatic carbocycles. The molecule has 4 nitrogen and oxygen atoms in total. The highest BCUT2D eigenvalue weighted by molar-refractivity contribution is 9.10. The minimum absolute atomic E-state index is 0.0553. The molecule has 0 aromatic heterocycles. The molecule has 1 amide bonds. The van der Waals surface area contributed by atoms with Crippen molar-refractivity contribution in [2.24, 2.45) is 5.92 Å². The van der Waals surface area contributed by atoms with Crippen LogP contribution in [0, 0.1) is 18.7 Å². The van der Waals surface area contributed by atoms with Gasteiger partial charge in [-0.3, -0.25) is 4.79 Å². The van der Waals surface area contributed by atoms with Crippen molar-refractivity contribution >= 4 is 37.7 Å². The van der Waals surface area contributed by atoms with Crippen LogP contribution in [0.15, 0.2) is 16.6 Å². The molecule has 1 heterocycles. The molecule has 1 aromatic rings. The van der Waals surface area contributed by atoms with Crippen LogP contribution in [-0.2, 0) is 15.0 Å². The van der Waals surface area contributed by atoms with Crippen molar-refractivity contribution in [3.8, 4) is 0 Å². The number of hydrogen-bond acceptors (Lipinski definition) is 3. The zero-order chi connectivity index (χ0) is 15.1. The molecule has 1 aliphatic rings. The third-order valence-corrected chi connectivity index (χ3v) is 4.65. The second-order valence-electron chi connectivity index (χ2n) is 4.83. The van der Waals surface area contributed by atoms with Crippen LogP contribution in [0.4, 0.5) is 14.0 Å². The third-order valence-electron chi connectivity index (χ3n) is 3.17. The standard InChI is InChI=1S/C12H12BrF2NO3S/c1-7-2-9(13)10(14)4-11(7)16-5-8(3-12(16)17)6-20(15,18)19/h2,4,8H,3,5-6H2,1H3. The lowest BCUT2D eigenvalue weighted by Gasteiger charge is -2.19. The van der Waals surface area contributed by atoms with Gasteiger partial charge in [0.25, 0.3) is 0 Å². The molecule has 0 bridgehead atoms. The topological polar surface area (TPSA) is 54.5 Å². The maximum absolute atomic E-state index is 13.6. The SMILES string of the molecule is Cc1cc(Br)c(F)cc1N1CC(CS(=O)(=O)F)CC1=O. The number of nitrogens with zero attached hydrogens (tertiary/aromatic N) is 1. The van der Waals surface area contributed by atoms with Gasteiger partial charge in [0.2, 0.25) is 5.91 Å². The summed E-state index contributed by atoms with van der Waals surface area (Å²) in [7, 11) is -4.62. The average Bonchev–Trinajstić information content (AvgIpc) is 2.62. The Morgan fingerprint density at radius 2 is 2.10 bits per heavy atom. The van der Waals surface area contributed by atoms with Gasteiger partial charge in [-0.2, -0.15) is 8.42 Å². The number of rotatable bonds is 3. The van der Waals surface area contributed by atoms with Crippen LogP contribution in [-0.4, -0.2) is 26.6 Å². The van der Waals surface area contributed by atoms with E-state index in [4.69, 9.17) is 0 Å². The largest absolute Gasteiger partial charge is 0.312 e. The Morgan fingerprint density at radius 3 is 2.70 bits per heavy atom. The Balaban J connectivity index is 2.26. The fourth-order valence-electron chi connectivity index (χ4n) is 2.33. The van der Waals surface area contributed by atoms with Gasteiger partial charge in [-0.15, -0.1) is 3.89 Å². The van der Waals surface area contributed by atoms with E-state index in [1.54, 1.807) is 6.92 Å². The molecule has 1 atom stereocenters. The number of hydrogen-bond donors (Lipinski definition) is 0. The zero-order valence-corrected chi connectivity index (χ0v) is 13.0. The van der Waals surface area contributed by atoms with Crippen LogP contribution in [0.25, 0.3) is 0 Å².